The van der Waals surface area contributed by atoms with E-state index in [1.54, 1.807) is 0 Å². The first-order valence-corrected chi connectivity index (χ1v) is 9.50. The fourth-order valence-corrected chi connectivity index (χ4v) is 3.47. The highest BCUT2D eigenvalue weighted by molar-refractivity contribution is 6.31. The smallest absolute Gasteiger partial charge is 0.166 e. The van der Waals surface area contributed by atoms with E-state index < -0.39 is 0 Å². The van der Waals surface area contributed by atoms with Gasteiger partial charge in [0.1, 0.15) is 6.61 Å². The van der Waals surface area contributed by atoms with Gasteiger partial charge in [0, 0.05) is 28.7 Å². The number of hydrogen-bond acceptors (Lipinski definition) is 3. The number of benzene rings is 2. The van der Waals surface area contributed by atoms with Crippen LogP contribution in [0.1, 0.15) is 43.7 Å². The summed E-state index contributed by atoms with van der Waals surface area (Å²) in [4.78, 5) is 0. The predicted molar refractivity (Wildman–Crippen MR) is 102 cm³/mol. The molecule has 0 heterocycles. The van der Waals surface area contributed by atoms with Gasteiger partial charge in [-0.1, -0.05) is 54.8 Å². The van der Waals surface area contributed by atoms with Crippen LogP contribution in [0.5, 0.6) is 11.5 Å². The van der Waals surface area contributed by atoms with Crippen molar-refractivity contribution >= 4 is 11.6 Å². The number of ether oxygens (including phenoxy) is 2. The molecule has 0 saturated heterocycles. The van der Waals surface area contributed by atoms with Gasteiger partial charge in [-0.15, -0.1) is 0 Å². The average Bonchev–Trinajstić information content (AvgIpc) is 3.14. The second-order valence-electron chi connectivity index (χ2n) is 6.42. The Morgan fingerprint density at radius 2 is 1.76 bits per heavy atom. The quantitative estimate of drug-likeness (QED) is 0.689. The lowest BCUT2D eigenvalue weighted by molar-refractivity contribution is 0.265. The van der Waals surface area contributed by atoms with E-state index in [0.29, 0.717) is 19.3 Å². The fraction of sp³-hybridized carbons (Fsp3) is 0.429. The molecule has 0 atom stereocenters. The summed E-state index contributed by atoms with van der Waals surface area (Å²) in [6.45, 7) is 3.83. The molecule has 0 bridgehead atoms. The Morgan fingerprint density at radius 3 is 2.52 bits per heavy atom. The standard InChI is InChI=1S/C21H26ClNO2/c1-2-24-20-13-7-9-16(14-23-18-10-4-5-11-18)21(20)25-15-17-8-3-6-12-19(17)22/h3,6-9,12-13,18,23H,2,4-5,10-11,14-15H2,1H3. The van der Waals surface area contributed by atoms with E-state index in [-0.39, 0.29) is 0 Å². The maximum atomic E-state index is 6.25. The first kappa shape index (κ1) is 18.1. The van der Waals surface area contributed by atoms with Crippen molar-refractivity contribution in [3.05, 3.63) is 58.6 Å². The molecule has 2 aromatic rings. The van der Waals surface area contributed by atoms with Gasteiger partial charge in [-0.25, -0.2) is 0 Å². The van der Waals surface area contributed by atoms with E-state index in [4.69, 9.17) is 21.1 Å². The molecule has 1 fully saturated rings. The molecule has 0 aromatic heterocycles. The van der Waals surface area contributed by atoms with Gasteiger partial charge in [-0.2, -0.15) is 0 Å². The van der Waals surface area contributed by atoms with Crippen molar-refractivity contribution in [3.8, 4) is 11.5 Å². The Morgan fingerprint density at radius 1 is 1.00 bits per heavy atom. The molecule has 25 heavy (non-hydrogen) atoms. The highest BCUT2D eigenvalue weighted by Crippen LogP contribution is 2.33. The summed E-state index contributed by atoms with van der Waals surface area (Å²) in [5.41, 5.74) is 2.11. The lowest BCUT2D eigenvalue weighted by atomic mass is 10.1. The minimum atomic E-state index is 0.431. The zero-order valence-electron chi connectivity index (χ0n) is 14.8. The maximum absolute atomic E-state index is 6.25. The lowest BCUT2D eigenvalue weighted by Crippen LogP contribution is -2.25. The van der Waals surface area contributed by atoms with Gasteiger partial charge in [0.25, 0.3) is 0 Å². The second-order valence-corrected chi connectivity index (χ2v) is 6.83. The normalized spacial score (nSPS) is 14.6. The molecule has 1 saturated carbocycles. The van der Waals surface area contributed by atoms with Crippen LogP contribution in [0.2, 0.25) is 5.02 Å². The molecule has 1 aliphatic carbocycles. The third-order valence-electron chi connectivity index (χ3n) is 4.63. The number of nitrogens with one attached hydrogen (secondary N) is 1. The van der Waals surface area contributed by atoms with Crippen molar-refractivity contribution in [1.29, 1.82) is 0 Å². The largest absolute Gasteiger partial charge is 0.490 e. The molecule has 4 heteroatoms. The van der Waals surface area contributed by atoms with Crippen LogP contribution in [0.3, 0.4) is 0 Å². The van der Waals surface area contributed by atoms with Crippen molar-refractivity contribution in [1.82, 2.24) is 5.32 Å². The Labute approximate surface area is 155 Å². The first-order chi connectivity index (χ1) is 12.3. The monoisotopic (exact) mass is 359 g/mol. The van der Waals surface area contributed by atoms with Crippen molar-refractivity contribution in [2.24, 2.45) is 0 Å². The summed E-state index contributed by atoms with van der Waals surface area (Å²) in [5.74, 6) is 1.61. The Kier molecular flexibility index (Phi) is 6.60. The fourth-order valence-electron chi connectivity index (χ4n) is 3.28. The van der Waals surface area contributed by atoms with Crippen LogP contribution < -0.4 is 14.8 Å². The number of hydrogen-bond donors (Lipinski definition) is 1. The molecule has 1 N–H and O–H groups in total. The van der Waals surface area contributed by atoms with E-state index in [1.165, 1.54) is 25.7 Å². The van der Waals surface area contributed by atoms with Crippen LogP contribution in [-0.4, -0.2) is 12.6 Å². The van der Waals surface area contributed by atoms with E-state index in [1.807, 2.05) is 43.3 Å². The van der Waals surface area contributed by atoms with Crippen LogP contribution in [0.15, 0.2) is 42.5 Å². The van der Waals surface area contributed by atoms with Gasteiger partial charge in [0.2, 0.25) is 0 Å². The van der Waals surface area contributed by atoms with Gasteiger partial charge in [0.05, 0.1) is 6.61 Å². The summed E-state index contributed by atoms with van der Waals surface area (Å²) in [6, 6.07) is 14.5. The molecule has 0 unspecified atom stereocenters. The first-order valence-electron chi connectivity index (χ1n) is 9.12. The van der Waals surface area contributed by atoms with Crippen molar-refractivity contribution < 1.29 is 9.47 Å². The van der Waals surface area contributed by atoms with E-state index >= 15 is 0 Å². The van der Waals surface area contributed by atoms with Crippen LogP contribution >= 0.6 is 11.6 Å². The van der Waals surface area contributed by atoms with Gasteiger partial charge in [-0.05, 0) is 31.9 Å². The zero-order valence-corrected chi connectivity index (χ0v) is 15.5. The second kappa shape index (κ2) is 9.12. The van der Waals surface area contributed by atoms with Crippen molar-refractivity contribution in [2.45, 2.75) is 51.8 Å². The molecule has 0 spiro atoms. The van der Waals surface area contributed by atoms with Gasteiger partial charge in [0.15, 0.2) is 11.5 Å². The van der Waals surface area contributed by atoms with Gasteiger partial charge >= 0.3 is 0 Å². The Bertz CT molecular complexity index is 683. The van der Waals surface area contributed by atoms with E-state index in [2.05, 4.69) is 11.4 Å². The molecule has 0 amide bonds. The van der Waals surface area contributed by atoms with Crippen molar-refractivity contribution in [3.63, 3.8) is 0 Å². The van der Waals surface area contributed by atoms with Crippen LogP contribution in [0.4, 0.5) is 0 Å². The molecular weight excluding hydrogens is 334 g/mol. The van der Waals surface area contributed by atoms with Crippen molar-refractivity contribution in [2.75, 3.05) is 6.61 Å². The van der Waals surface area contributed by atoms with Gasteiger partial charge in [-0.3, -0.25) is 0 Å². The zero-order chi connectivity index (χ0) is 17.5. The molecule has 3 rings (SSSR count). The minimum absolute atomic E-state index is 0.431. The van der Waals surface area contributed by atoms with Crippen LogP contribution in [0.25, 0.3) is 0 Å². The third-order valence-corrected chi connectivity index (χ3v) is 5.00. The van der Waals surface area contributed by atoms with Gasteiger partial charge < -0.3 is 14.8 Å². The molecule has 1 aliphatic rings. The summed E-state index contributed by atoms with van der Waals surface area (Å²) in [6.07, 6.45) is 5.18. The highest BCUT2D eigenvalue weighted by Gasteiger charge is 2.17. The lowest BCUT2D eigenvalue weighted by Gasteiger charge is -2.18. The minimum Gasteiger partial charge on any atom is -0.490 e. The van der Waals surface area contributed by atoms with Crippen LogP contribution in [-0.2, 0) is 13.2 Å². The third kappa shape index (κ3) is 4.90. The summed E-state index contributed by atoms with van der Waals surface area (Å²) in [5, 5.41) is 4.38. The average molecular weight is 360 g/mol. The summed E-state index contributed by atoms with van der Waals surface area (Å²) in [7, 11) is 0. The number of para-hydroxylation sites is 1. The maximum Gasteiger partial charge on any atom is 0.166 e. The van der Waals surface area contributed by atoms with E-state index in [0.717, 1.165) is 34.2 Å². The van der Waals surface area contributed by atoms with E-state index in [9.17, 15) is 0 Å². The number of halogens is 1. The number of rotatable bonds is 8. The SMILES string of the molecule is CCOc1cccc(CNC2CCCC2)c1OCc1ccccc1Cl. The summed E-state index contributed by atoms with van der Waals surface area (Å²) < 4.78 is 11.9. The highest BCUT2D eigenvalue weighted by atomic mass is 35.5. The molecule has 2 aromatic carbocycles. The summed E-state index contributed by atoms with van der Waals surface area (Å²) >= 11 is 6.25. The Balaban J connectivity index is 1.74. The topological polar surface area (TPSA) is 30.5 Å². The Hall–Kier alpha value is -1.71. The molecule has 0 radical (unpaired) electrons. The molecule has 0 aliphatic heterocycles. The predicted octanol–water partition coefficient (Wildman–Crippen LogP) is 5.35. The van der Waals surface area contributed by atoms with Crippen LogP contribution in [0, 0.1) is 0 Å². The molecule has 3 nitrogen and oxygen atoms in total. The molecular formula is C21H26ClNO2. The molecule has 134 valence electrons.